The Bertz CT molecular complexity index is 1520. The van der Waals surface area contributed by atoms with E-state index in [0.29, 0.717) is 28.0 Å². The van der Waals surface area contributed by atoms with Crippen molar-refractivity contribution in [2.75, 3.05) is 12.3 Å². The van der Waals surface area contributed by atoms with Crippen LogP contribution in [0.1, 0.15) is 37.4 Å². The van der Waals surface area contributed by atoms with E-state index in [9.17, 15) is 0 Å². The van der Waals surface area contributed by atoms with Crippen LogP contribution in [-0.2, 0) is 0 Å². The zero-order valence-electron chi connectivity index (χ0n) is 19.2. The van der Waals surface area contributed by atoms with Gasteiger partial charge in [-0.2, -0.15) is 5.10 Å². The van der Waals surface area contributed by atoms with E-state index in [1.807, 2.05) is 47.0 Å². The van der Waals surface area contributed by atoms with E-state index in [1.165, 1.54) is 6.33 Å². The standard InChI is InChI=1S/C27H26ClN7/c28-21-12-19-10-11-22(17-4-2-1-3-5-17)33-23(19)13-20(21)24-25-26(30)31-15-32-35(25)27(34-24)18-8-6-16(14-29)7-9-18/h1-5,10-13,15-16,18H,6-9,14,29H2,(H2,30,31,32). The third kappa shape index (κ3) is 3.90. The summed E-state index contributed by atoms with van der Waals surface area (Å²) in [5.74, 6) is 2.15. The maximum Gasteiger partial charge on any atom is 0.153 e. The van der Waals surface area contributed by atoms with Crippen LogP contribution in [0.2, 0.25) is 5.02 Å². The van der Waals surface area contributed by atoms with Gasteiger partial charge in [0.15, 0.2) is 5.82 Å². The second-order valence-electron chi connectivity index (χ2n) is 9.26. The van der Waals surface area contributed by atoms with Gasteiger partial charge in [-0.3, -0.25) is 0 Å². The average Bonchev–Trinajstić information content (AvgIpc) is 3.29. The van der Waals surface area contributed by atoms with Gasteiger partial charge < -0.3 is 11.5 Å². The van der Waals surface area contributed by atoms with Crippen molar-refractivity contribution in [1.82, 2.24) is 24.6 Å². The summed E-state index contributed by atoms with van der Waals surface area (Å²) in [5, 5.41) is 6.08. The Morgan fingerprint density at radius 1 is 0.971 bits per heavy atom. The maximum atomic E-state index is 6.81. The molecular weight excluding hydrogens is 458 g/mol. The second-order valence-corrected chi connectivity index (χ2v) is 9.67. The number of pyridine rings is 1. The Morgan fingerprint density at radius 3 is 2.54 bits per heavy atom. The van der Waals surface area contributed by atoms with Gasteiger partial charge in [0.25, 0.3) is 0 Å². The summed E-state index contributed by atoms with van der Waals surface area (Å²) < 4.78 is 1.85. The lowest BCUT2D eigenvalue weighted by molar-refractivity contribution is 0.323. The molecule has 176 valence electrons. The lowest BCUT2D eigenvalue weighted by atomic mass is 9.82. The van der Waals surface area contributed by atoms with Crippen molar-refractivity contribution >= 4 is 33.8 Å². The molecule has 1 fully saturated rings. The van der Waals surface area contributed by atoms with Gasteiger partial charge in [-0.15, -0.1) is 0 Å². The van der Waals surface area contributed by atoms with Crippen LogP contribution in [0, 0.1) is 5.92 Å². The van der Waals surface area contributed by atoms with Gasteiger partial charge >= 0.3 is 0 Å². The SMILES string of the molecule is NCC1CCC(c2nc(-c3cc4nc(-c5ccccc5)ccc4cc3Cl)c3c(N)ncnn23)CC1. The van der Waals surface area contributed by atoms with E-state index in [4.69, 9.17) is 33.0 Å². The minimum Gasteiger partial charge on any atom is -0.382 e. The van der Waals surface area contributed by atoms with E-state index in [-0.39, 0.29) is 5.92 Å². The summed E-state index contributed by atoms with van der Waals surface area (Å²) in [6, 6.07) is 18.1. The Labute approximate surface area is 208 Å². The Morgan fingerprint density at radius 2 is 1.77 bits per heavy atom. The Hall–Kier alpha value is -3.55. The Balaban J connectivity index is 1.50. The number of nitrogen functional groups attached to an aromatic ring is 1. The van der Waals surface area contributed by atoms with E-state index in [1.54, 1.807) is 0 Å². The topological polar surface area (TPSA) is 108 Å². The van der Waals surface area contributed by atoms with E-state index in [0.717, 1.165) is 65.8 Å². The molecular formula is C27H26ClN7. The average molecular weight is 484 g/mol. The first kappa shape index (κ1) is 21.9. The molecule has 0 spiro atoms. The molecule has 1 aliphatic carbocycles. The molecule has 4 N–H and O–H groups in total. The first-order valence-corrected chi connectivity index (χ1v) is 12.4. The van der Waals surface area contributed by atoms with Gasteiger partial charge in [0.1, 0.15) is 23.4 Å². The minimum atomic E-state index is 0.287. The smallest absolute Gasteiger partial charge is 0.153 e. The van der Waals surface area contributed by atoms with Crippen LogP contribution in [0.15, 0.2) is 60.9 Å². The molecule has 3 heterocycles. The monoisotopic (exact) mass is 483 g/mol. The maximum absolute atomic E-state index is 6.81. The van der Waals surface area contributed by atoms with Gasteiger partial charge in [-0.05, 0) is 56.3 Å². The molecule has 0 bridgehead atoms. The summed E-state index contributed by atoms with van der Waals surface area (Å²) in [5.41, 5.74) is 17.2. The molecule has 0 aliphatic heterocycles. The fourth-order valence-corrected chi connectivity index (χ4v) is 5.44. The molecule has 35 heavy (non-hydrogen) atoms. The number of imidazole rings is 1. The molecule has 5 aromatic rings. The fourth-order valence-electron chi connectivity index (χ4n) is 5.18. The molecule has 1 saturated carbocycles. The molecule has 0 amide bonds. The van der Waals surface area contributed by atoms with Gasteiger partial charge in [-0.25, -0.2) is 19.5 Å². The summed E-state index contributed by atoms with van der Waals surface area (Å²) in [7, 11) is 0. The summed E-state index contributed by atoms with van der Waals surface area (Å²) >= 11 is 6.81. The van der Waals surface area contributed by atoms with Crippen LogP contribution in [-0.4, -0.2) is 31.1 Å². The molecule has 2 aromatic carbocycles. The van der Waals surface area contributed by atoms with Crippen LogP contribution in [0.3, 0.4) is 0 Å². The lowest BCUT2D eigenvalue weighted by Gasteiger charge is -2.26. The number of hydrogen-bond donors (Lipinski definition) is 2. The summed E-state index contributed by atoms with van der Waals surface area (Å²) in [6.45, 7) is 0.736. The number of aromatic nitrogens is 5. The zero-order valence-corrected chi connectivity index (χ0v) is 20.0. The van der Waals surface area contributed by atoms with Crippen LogP contribution in [0.4, 0.5) is 5.82 Å². The predicted molar refractivity (Wildman–Crippen MR) is 140 cm³/mol. The van der Waals surface area contributed by atoms with Crippen LogP contribution < -0.4 is 11.5 Å². The van der Waals surface area contributed by atoms with Crippen molar-refractivity contribution in [2.24, 2.45) is 11.7 Å². The molecule has 0 atom stereocenters. The van der Waals surface area contributed by atoms with Crippen molar-refractivity contribution in [1.29, 1.82) is 0 Å². The van der Waals surface area contributed by atoms with Crippen molar-refractivity contribution < 1.29 is 0 Å². The second kappa shape index (κ2) is 8.91. The molecule has 7 nitrogen and oxygen atoms in total. The number of rotatable bonds is 4. The summed E-state index contributed by atoms with van der Waals surface area (Å²) in [6.07, 6.45) is 5.72. The van der Waals surface area contributed by atoms with E-state index in [2.05, 4.69) is 22.2 Å². The van der Waals surface area contributed by atoms with Crippen LogP contribution >= 0.6 is 11.6 Å². The molecule has 8 heteroatoms. The predicted octanol–water partition coefficient (Wildman–Crippen LogP) is 5.47. The molecule has 6 rings (SSSR count). The highest BCUT2D eigenvalue weighted by atomic mass is 35.5. The lowest BCUT2D eigenvalue weighted by Crippen LogP contribution is -2.21. The number of nitrogens with zero attached hydrogens (tertiary/aromatic N) is 5. The Kier molecular flexibility index (Phi) is 5.59. The van der Waals surface area contributed by atoms with Gasteiger partial charge in [0, 0.05) is 22.4 Å². The van der Waals surface area contributed by atoms with E-state index < -0.39 is 0 Å². The number of fused-ring (bicyclic) bond motifs is 2. The molecule has 3 aromatic heterocycles. The normalized spacial score (nSPS) is 18.3. The number of nitrogens with two attached hydrogens (primary N) is 2. The molecule has 0 unspecified atom stereocenters. The van der Waals surface area contributed by atoms with Gasteiger partial charge in [-0.1, -0.05) is 48.0 Å². The quantitative estimate of drug-likeness (QED) is 0.350. The first-order chi connectivity index (χ1) is 17.1. The van der Waals surface area contributed by atoms with Crippen molar-refractivity contribution in [2.45, 2.75) is 31.6 Å². The highest BCUT2D eigenvalue weighted by molar-refractivity contribution is 6.34. The molecule has 0 radical (unpaired) electrons. The van der Waals surface area contributed by atoms with Crippen LogP contribution in [0.25, 0.3) is 38.9 Å². The molecule has 0 saturated heterocycles. The van der Waals surface area contributed by atoms with Gasteiger partial charge in [0.2, 0.25) is 0 Å². The van der Waals surface area contributed by atoms with Crippen molar-refractivity contribution in [3.63, 3.8) is 0 Å². The third-order valence-electron chi connectivity index (χ3n) is 7.13. The summed E-state index contributed by atoms with van der Waals surface area (Å²) in [4.78, 5) is 14.3. The fraction of sp³-hybridized carbons (Fsp3) is 0.259. The van der Waals surface area contributed by atoms with Crippen molar-refractivity contribution in [3.8, 4) is 22.5 Å². The zero-order chi connectivity index (χ0) is 23.9. The minimum absolute atomic E-state index is 0.287. The van der Waals surface area contributed by atoms with Crippen LogP contribution in [0.5, 0.6) is 0 Å². The highest BCUT2D eigenvalue weighted by Crippen LogP contribution is 2.40. The molecule has 1 aliphatic rings. The van der Waals surface area contributed by atoms with E-state index >= 15 is 0 Å². The number of anilines is 1. The van der Waals surface area contributed by atoms with Gasteiger partial charge in [0.05, 0.1) is 16.2 Å². The third-order valence-corrected chi connectivity index (χ3v) is 7.45. The largest absolute Gasteiger partial charge is 0.382 e. The number of hydrogen-bond acceptors (Lipinski definition) is 6. The van der Waals surface area contributed by atoms with Crippen molar-refractivity contribution in [3.05, 3.63) is 71.8 Å². The number of halogens is 1. The number of benzene rings is 2. The first-order valence-electron chi connectivity index (χ1n) is 12.0. The highest BCUT2D eigenvalue weighted by Gasteiger charge is 2.28.